The zero-order valence-electron chi connectivity index (χ0n) is 8.70. The molecule has 0 aromatic carbocycles. The number of rotatable bonds is 2. The Morgan fingerprint density at radius 2 is 2.21 bits per heavy atom. The molecule has 0 atom stereocenters. The van der Waals surface area contributed by atoms with Crippen molar-refractivity contribution in [1.29, 1.82) is 0 Å². The highest BCUT2D eigenvalue weighted by molar-refractivity contribution is 5.10. The zero-order valence-corrected chi connectivity index (χ0v) is 8.70. The summed E-state index contributed by atoms with van der Waals surface area (Å²) in [4.78, 5) is 0. The maximum absolute atomic E-state index is 10.4. The Hall–Kier alpha value is -0.760. The van der Waals surface area contributed by atoms with Gasteiger partial charge in [-0.3, -0.25) is 0 Å². The number of hydrogen-bond donors (Lipinski definition) is 1. The highest BCUT2D eigenvalue weighted by atomic mass is 16.4. The molecule has 1 aliphatic carbocycles. The van der Waals surface area contributed by atoms with Crippen LogP contribution >= 0.6 is 0 Å². The van der Waals surface area contributed by atoms with Crippen LogP contribution < -0.4 is 0 Å². The van der Waals surface area contributed by atoms with Crippen LogP contribution in [0.25, 0.3) is 0 Å². The summed E-state index contributed by atoms with van der Waals surface area (Å²) in [5.74, 6) is 1.54. The molecule has 0 amide bonds. The molecule has 2 heteroatoms. The van der Waals surface area contributed by atoms with Crippen molar-refractivity contribution in [2.24, 2.45) is 5.92 Å². The molecule has 1 aromatic heterocycles. The molecule has 78 valence electrons. The molecular weight excluding hydrogens is 176 g/mol. The van der Waals surface area contributed by atoms with Gasteiger partial charge in [0.15, 0.2) is 0 Å². The van der Waals surface area contributed by atoms with Crippen molar-refractivity contribution in [2.75, 3.05) is 0 Å². The summed E-state index contributed by atoms with van der Waals surface area (Å²) >= 11 is 0. The second-order valence-corrected chi connectivity index (χ2v) is 4.36. The van der Waals surface area contributed by atoms with E-state index >= 15 is 0 Å². The Morgan fingerprint density at radius 1 is 1.50 bits per heavy atom. The first kappa shape index (κ1) is 9.78. The fourth-order valence-electron chi connectivity index (χ4n) is 2.35. The van der Waals surface area contributed by atoms with Crippen molar-refractivity contribution >= 4 is 0 Å². The van der Waals surface area contributed by atoms with E-state index in [0.717, 1.165) is 37.4 Å². The lowest BCUT2D eigenvalue weighted by atomic mass is 9.77. The van der Waals surface area contributed by atoms with Crippen LogP contribution in [0.1, 0.15) is 44.8 Å². The third-order valence-electron chi connectivity index (χ3n) is 3.49. The summed E-state index contributed by atoms with van der Waals surface area (Å²) in [6, 6.07) is 3.73. The Morgan fingerprint density at radius 3 is 2.71 bits per heavy atom. The smallest absolute Gasteiger partial charge is 0.135 e. The van der Waals surface area contributed by atoms with E-state index in [1.165, 1.54) is 6.42 Å². The van der Waals surface area contributed by atoms with E-state index in [-0.39, 0.29) is 0 Å². The molecule has 0 unspecified atom stereocenters. The lowest BCUT2D eigenvalue weighted by molar-refractivity contribution is -0.0323. The van der Waals surface area contributed by atoms with Gasteiger partial charge in [-0.2, -0.15) is 0 Å². The molecule has 0 bridgehead atoms. The van der Waals surface area contributed by atoms with Crippen LogP contribution in [-0.4, -0.2) is 5.11 Å². The van der Waals surface area contributed by atoms with E-state index in [1.54, 1.807) is 6.26 Å². The van der Waals surface area contributed by atoms with Crippen LogP contribution in [-0.2, 0) is 5.60 Å². The summed E-state index contributed by atoms with van der Waals surface area (Å²) in [5, 5.41) is 10.4. The van der Waals surface area contributed by atoms with Crippen LogP contribution in [0.5, 0.6) is 0 Å². The predicted molar refractivity (Wildman–Crippen MR) is 54.9 cm³/mol. The maximum atomic E-state index is 10.4. The summed E-state index contributed by atoms with van der Waals surface area (Å²) in [6.45, 7) is 2.22. The van der Waals surface area contributed by atoms with E-state index in [2.05, 4.69) is 6.92 Å². The third-order valence-corrected chi connectivity index (χ3v) is 3.49. The Kier molecular flexibility index (Phi) is 2.64. The minimum absolute atomic E-state index is 0.685. The molecule has 0 radical (unpaired) electrons. The second-order valence-electron chi connectivity index (χ2n) is 4.36. The van der Waals surface area contributed by atoms with Crippen LogP contribution in [0.3, 0.4) is 0 Å². The first-order chi connectivity index (χ1) is 6.74. The van der Waals surface area contributed by atoms with E-state index in [0.29, 0.717) is 0 Å². The second kappa shape index (κ2) is 3.77. The molecule has 1 saturated carbocycles. The molecule has 1 aromatic rings. The fraction of sp³-hybridized carbons (Fsp3) is 0.667. The highest BCUT2D eigenvalue weighted by Gasteiger charge is 2.36. The van der Waals surface area contributed by atoms with Gasteiger partial charge in [-0.05, 0) is 43.7 Å². The Bertz CT molecular complexity index is 269. The van der Waals surface area contributed by atoms with Crippen molar-refractivity contribution < 1.29 is 9.52 Å². The van der Waals surface area contributed by atoms with Crippen molar-refractivity contribution in [3.63, 3.8) is 0 Å². The topological polar surface area (TPSA) is 33.4 Å². The molecule has 1 aliphatic rings. The molecule has 1 N–H and O–H groups in total. The number of aliphatic hydroxyl groups is 1. The molecule has 0 spiro atoms. The van der Waals surface area contributed by atoms with Crippen molar-refractivity contribution in [3.8, 4) is 0 Å². The highest BCUT2D eigenvalue weighted by Crippen LogP contribution is 2.40. The standard InChI is InChI=1S/C12H18O2/c1-2-10-5-7-12(13,8-6-10)11-4-3-9-14-11/h3-4,9-10,13H,2,5-8H2,1H3. The SMILES string of the molecule is CCC1CCC(O)(c2ccco2)CC1. The van der Waals surface area contributed by atoms with Gasteiger partial charge in [-0.15, -0.1) is 0 Å². The third kappa shape index (κ3) is 1.71. The van der Waals surface area contributed by atoms with E-state index in [1.807, 2.05) is 12.1 Å². The summed E-state index contributed by atoms with van der Waals surface area (Å²) < 4.78 is 5.29. The maximum Gasteiger partial charge on any atom is 0.135 e. The predicted octanol–water partition coefficient (Wildman–Crippen LogP) is 3.07. The summed E-state index contributed by atoms with van der Waals surface area (Å²) in [5.41, 5.74) is -0.685. The van der Waals surface area contributed by atoms with Gasteiger partial charge in [-0.25, -0.2) is 0 Å². The molecule has 14 heavy (non-hydrogen) atoms. The molecule has 0 aliphatic heterocycles. The normalized spacial score (nSPS) is 33.1. The number of furan rings is 1. The quantitative estimate of drug-likeness (QED) is 0.785. The van der Waals surface area contributed by atoms with Gasteiger partial charge in [0.2, 0.25) is 0 Å². The van der Waals surface area contributed by atoms with Crippen molar-refractivity contribution in [1.82, 2.24) is 0 Å². The zero-order chi connectivity index (χ0) is 10.0. The summed E-state index contributed by atoms with van der Waals surface area (Å²) in [7, 11) is 0. The minimum atomic E-state index is -0.685. The van der Waals surface area contributed by atoms with Gasteiger partial charge in [0.25, 0.3) is 0 Å². The lowest BCUT2D eigenvalue weighted by Crippen LogP contribution is -2.30. The van der Waals surface area contributed by atoms with Gasteiger partial charge < -0.3 is 9.52 Å². The molecule has 1 fully saturated rings. The fourth-order valence-corrected chi connectivity index (χ4v) is 2.35. The van der Waals surface area contributed by atoms with Crippen LogP contribution in [0, 0.1) is 5.92 Å². The average molecular weight is 194 g/mol. The van der Waals surface area contributed by atoms with Gasteiger partial charge in [-0.1, -0.05) is 13.3 Å². The van der Waals surface area contributed by atoms with Gasteiger partial charge in [0.1, 0.15) is 11.4 Å². The Labute approximate surface area is 84.9 Å². The van der Waals surface area contributed by atoms with E-state index in [4.69, 9.17) is 4.42 Å². The van der Waals surface area contributed by atoms with Gasteiger partial charge in [0, 0.05) is 0 Å². The average Bonchev–Trinajstić information content (AvgIpc) is 2.72. The molecular formula is C12H18O2. The first-order valence-corrected chi connectivity index (χ1v) is 5.51. The van der Waals surface area contributed by atoms with Crippen LogP contribution in [0.2, 0.25) is 0 Å². The Balaban J connectivity index is 2.06. The van der Waals surface area contributed by atoms with Gasteiger partial charge in [0.05, 0.1) is 6.26 Å². The summed E-state index contributed by atoms with van der Waals surface area (Å²) in [6.07, 6.45) is 6.80. The molecule has 2 rings (SSSR count). The van der Waals surface area contributed by atoms with E-state index in [9.17, 15) is 5.11 Å². The van der Waals surface area contributed by atoms with Crippen LogP contribution in [0.4, 0.5) is 0 Å². The van der Waals surface area contributed by atoms with Crippen molar-refractivity contribution in [2.45, 2.75) is 44.6 Å². The monoisotopic (exact) mass is 194 g/mol. The number of hydrogen-bond acceptors (Lipinski definition) is 2. The first-order valence-electron chi connectivity index (χ1n) is 5.51. The van der Waals surface area contributed by atoms with Crippen LogP contribution in [0.15, 0.2) is 22.8 Å². The molecule has 2 nitrogen and oxygen atoms in total. The largest absolute Gasteiger partial charge is 0.466 e. The van der Waals surface area contributed by atoms with Gasteiger partial charge >= 0.3 is 0 Å². The van der Waals surface area contributed by atoms with E-state index < -0.39 is 5.60 Å². The molecule has 0 saturated heterocycles. The minimum Gasteiger partial charge on any atom is -0.466 e. The lowest BCUT2D eigenvalue weighted by Gasteiger charge is -2.34. The molecule has 1 heterocycles. The van der Waals surface area contributed by atoms with Crippen molar-refractivity contribution in [3.05, 3.63) is 24.2 Å².